The number of carbonyl (C=O) groups is 1. The van der Waals surface area contributed by atoms with Crippen molar-refractivity contribution in [1.29, 1.82) is 0 Å². The third kappa shape index (κ3) is 4.41. The maximum atomic E-state index is 12.1. The van der Waals surface area contributed by atoms with Crippen LogP contribution >= 0.6 is 0 Å². The highest BCUT2D eigenvalue weighted by atomic mass is 16.3. The van der Waals surface area contributed by atoms with Crippen molar-refractivity contribution < 1.29 is 15.0 Å². The fraction of sp³-hybridized carbons (Fsp3) is 0.278. The summed E-state index contributed by atoms with van der Waals surface area (Å²) < 4.78 is 0. The average Bonchev–Trinajstić information content (AvgIpc) is 2.59. The molecule has 1 amide bonds. The van der Waals surface area contributed by atoms with Crippen LogP contribution in [0.5, 0.6) is 0 Å². The highest BCUT2D eigenvalue weighted by Crippen LogP contribution is 2.19. The van der Waals surface area contributed by atoms with E-state index in [1.165, 1.54) is 0 Å². The summed E-state index contributed by atoms with van der Waals surface area (Å²) in [5.74, 6) is -0.400. The van der Waals surface area contributed by atoms with Crippen LogP contribution in [0.15, 0.2) is 60.7 Å². The molecule has 0 aliphatic heterocycles. The molecule has 0 saturated carbocycles. The molecule has 4 nitrogen and oxygen atoms in total. The van der Waals surface area contributed by atoms with Crippen LogP contribution in [0.1, 0.15) is 29.6 Å². The first-order chi connectivity index (χ1) is 10.7. The Balaban J connectivity index is 1.96. The molecule has 2 aromatic carbocycles. The third-order valence-corrected chi connectivity index (χ3v) is 3.63. The van der Waals surface area contributed by atoms with E-state index in [2.05, 4.69) is 5.32 Å². The van der Waals surface area contributed by atoms with Crippen molar-refractivity contribution in [3.8, 4) is 0 Å². The third-order valence-electron chi connectivity index (χ3n) is 3.63. The second kappa shape index (κ2) is 8.32. The zero-order chi connectivity index (χ0) is 15.8. The molecule has 0 aliphatic rings. The van der Waals surface area contributed by atoms with Crippen LogP contribution in [0.3, 0.4) is 0 Å². The molecule has 22 heavy (non-hydrogen) atoms. The Labute approximate surface area is 130 Å². The summed E-state index contributed by atoms with van der Waals surface area (Å²) in [6.07, 6.45) is -0.613. The number of hydrogen-bond donors (Lipinski definition) is 3. The fourth-order valence-corrected chi connectivity index (χ4v) is 2.37. The lowest BCUT2D eigenvalue weighted by molar-refractivity contribution is -0.129. The number of rotatable bonds is 7. The lowest BCUT2D eigenvalue weighted by Gasteiger charge is -2.18. The van der Waals surface area contributed by atoms with Gasteiger partial charge in [0, 0.05) is 19.1 Å². The van der Waals surface area contributed by atoms with Crippen LogP contribution in [0.2, 0.25) is 0 Å². The summed E-state index contributed by atoms with van der Waals surface area (Å²) in [5, 5.41) is 22.0. The average molecular weight is 299 g/mol. The minimum Gasteiger partial charge on any atom is -0.396 e. The fourth-order valence-electron chi connectivity index (χ4n) is 2.37. The van der Waals surface area contributed by atoms with Crippen molar-refractivity contribution in [2.24, 2.45) is 0 Å². The predicted molar refractivity (Wildman–Crippen MR) is 85.3 cm³/mol. The molecule has 0 spiro atoms. The number of hydrogen-bond acceptors (Lipinski definition) is 3. The summed E-state index contributed by atoms with van der Waals surface area (Å²) in [6, 6.07) is 18.6. The van der Waals surface area contributed by atoms with E-state index in [9.17, 15) is 15.0 Å². The monoisotopic (exact) mass is 299 g/mol. The topological polar surface area (TPSA) is 69.6 Å². The van der Waals surface area contributed by atoms with Gasteiger partial charge in [-0.1, -0.05) is 60.7 Å². The normalized spacial score (nSPS) is 13.4. The summed E-state index contributed by atoms with van der Waals surface area (Å²) in [7, 11) is 0. The molecule has 0 fully saturated rings. The molecular formula is C18H21NO3. The van der Waals surface area contributed by atoms with E-state index < -0.39 is 12.0 Å². The number of carbonyl (C=O) groups excluding carboxylic acids is 1. The van der Waals surface area contributed by atoms with Crippen LogP contribution in [0.4, 0.5) is 0 Å². The number of aliphatic hydroxyl groups excluding tert-OH is 2. The van der Waals surface area contributed by atoms with Crippen LogP contribution in [-0.4, -0.2) is 29.3 Å². The van der Waals surface area contributed by atoms with Crippen LogP contribution in [0.25, 0.3) is 0 Å². The highest BCUT2D eigenvalue weighted by Gasteiger charge is 2.19. The van der Waals surface area contributed by atoms with Gasteiger partial charge in [-0.25, -0.2) is 0 Å². The quantitative estimate of drug-likeness (QED) is 0.732. The van der Waals surface area contributed by atoms with E-state index in [0.717, 1.165) is 5.56 Å². The second-order valence-electron chi connectivity index (χ2n) is 5.18. The number of amides is 1. The van der Waals surface area contributed by atoms with Gasteiger partial charge in [0.2, 0.25) is 0 Å². The largest absolute Gasteiger partial charge is 0.396 e. The van der Waals surface area contributed by atoms with Crippen molar-refractivity contribution in [3.05, 3.63) is 71.8 Å². The van der Waals surface area contributed by atoms with Crippen molar-refractivity contribution in [2.45, 2.75) is 18.4 Å². The summed E-state index contributed by atoms with van der Waals surface area (Å²) >= 11 is 0. The Morgan fingerprint density at radius 3 is 2.05 bits per heavy atom. The van der Waals surface area contributed by atoms with Crippen LogP contribution in [-0.2, 0) is 4.79 Å². The molecule has 0 saturated heterocycles. The Morgan fingerprint density at radius 1 is 0.955 bits per heavy atom. The van der Waals surface area contributed by atoms with E-state index in [1.807, 2.05) is 36.4 Å². The molecule has 2 aromatic rings. The van der Waals surface area contributed by atoms with Crippen molar-refractivity contribution in [1.82, 2.24) is 5.32 Å². The zero-order valence-corrected chi connectivity index (χ0v) is 12.4. The first kappa shape index (κ1) is 16.2. The first-order valence-corrected chi connectivity index (χ1v) is 7.39. The molecule has 1 unspecified atom stereocenters. The maximum absolute atomic E-state index is 12.1. The van der Waals surface area contributed by atoms with E-state index in [0.29, 0.717) is 18.5 Å². The van der Waals surface area contributed by atoms with E-state index >= 15 is 0 Å². The van der Waals surface area contributed by atoms with Crippen molar-refractivity contribution >= 4 is 5.91 Å². The summed E-state index contributed by atoms with van der Waals surface area (Å²) in [5.41, 5.74) is 1.63. The molecular weight excluding hydrogens is 278 g/mol. The molecule has 3 N–H and O–H groups in total. The smallest absolute Gasteiger partial charge is 0.253 e. The minimum atomic E-state index is -1.17. The lowest BCUT2D eigenvalue weighted by atomic mass is 9.96. The summed E-state index contributed by atoms with van der Waals surface area (Å²) in [6.45, 7) is 0.434. The van der Waals surface area contributed by atoms with E-state index in [1.54, 1.807) is 24.3 Å². The van der Waals surface area contributed by atoms with E-state index in [-0.39, 0.29) is 12.5 Å². The SMILES string of the molecule is O=C(NCC(CCO)c1ccccc1)[C@@H](O)c1ccccc1. The van der Waals surface area contributed by atoms with Gasteiger partial charge >= 0.3 is 0 Å². The molecule has 116 valence electrons. The first-order valence-electron chi connectivity index (χ1n) is 7.39. The molecule has 2 rings (SSSR count). The van der Waals surface area contributed by atoms with Gasteiger partial charge in [0.25, 0.3) is 5.91 Å². The van der Waals surface area contributed by atoms with Gasteiger partial charge < -0.3 is 15.5 Å². The second-order valence-corrected chi connectivity index (χ2v) is 5.18. The Kier molecular flexibility index (Phi) is 6.13. The maximum Gasteiger partial charge on any atom is 0.253 e. The van der Waals surface area contributed by atoms with Crippen molar-refractivity contribution in [3.63, 3.8) is 0 Å². The molecule has 0 heterocycles. The summed E-state index contributed by atoms with van der Waals surface area (Å²) in [4.78, 5) is 12.1. The van der Waals surface area contributed by atoms with Gasteiger partial charge in [0.1, 0.15) is 0 Å². The highest BCUT2D eigenvalue weighted by molar-refractivity contribution is 5.81. The minimum absolute atomic E-state index is 0.0260. The van der Waals surface area contributed by atoms with Crippen LogP contribution < -0.4 is 5.32 Å². The Morgan fingerprint density at radius 2 is 1.50 bits per heavy atom. The molecule has 0 aliphatic carbocycles. The van der Waals surface area contributed by atoms with Gasteiger partial charge in [-0.05, 0) is 17.5 Å². The lowest BCUT2D eigenvalue weighted by Crippen LogP contribution is -2.33. The molecule has 2 atom stereocenters. The number of nitrogens with one attached hydrogen (secondary N) is 1. The Bertz CT molecular complexity index is 571. The molecule has 4 heteroatoms. The van der Waals surface area contributed by atoms with Gasteiger partial charge in [0.15, 0.2) is 6.10 Å². The van der Waals surface area contributed by atoms with Gasteiger partial charge in [-0.3, -0.25) is 4.79 Å². The Hall–Kier alpha value is -2.17. The molecule has 0 radical (unpaired) electrons. The molecule has 0 bridgehead atoms. The van der Waals surface area contributed by atoms with Gasteiger partial charge in [-0.2, -0.15) is 0 Å². The number of aliphatic hydroxyl groups is 2. The van der Waals surface area contributed by atoms with Crippen molar-refractivity contribution in [2.75, 3.05) is 13.2 Å². The van der Waals surface area contributed by atoms with Crippen LogP contribution in [0, 0.1) is 0 Å². The zero-order valence-electron chi connectivity index (χ0n) is 12.4. The standard InChI is InChI=1S/C18H21NO3/c20-12-11-16(14-7-3-1-4-8-14)13-19-18(22)17(21)15-9-5-2-6-10-15/h1-10,16-17,20-21H,11-13H2,(H,19,22)/t16?,17-/m0/s1. The predicted octanol–water partition coefficient (Wildman–Crippen LogP) is 2.00. The van der Waals surface area contributed by atoms with Gasteiger partial charge in [-0.15, -0.1) is 0 Å². The van der Waals surface area contributed by atoms with Gasteiger partial charge in [0.05, 0.1) is 0 Å². The number of benzene rings is 2. The molecule has 0 aromatic heterocycles. The van der Waals surface area contributed by atoms with E-state index in [4.69, 9.17) is 0 Å².